The first-order valence-corrected chi connectivity index (χ1v) is 10.4. The van der Waals surface area contributed by atoms with E-state index in [1.54, 1.807) is 6.92 Å². The summed E-state index contributed by atoms with van der Waals surface area (Å²) in [5, 5.41) is 5.04. The molecule has 0 aliphatic rings. The highest BCUT2D eigenvalue weighted by molar-refractivity contribution is 7.13. The Balaban J connectivity index is 1.69. The number of nitrogens with one attached hydrogen (secondary N) is 2. The molecule has 2 aromatic heterocycles. The topological polar surface area (TPSA) is 149 Å². The lowest BCUT2D eigenvalue weighted by Gasteiger charge is -2.13. The molecule has 174 valence electrons. The third kappa shape index (κ3) is 5.56. The molecule has 9 nitrogen and oxygen atoms in total. The van der Waals surface area contributed by atoms with Gasteiger partial charge in [0, 0.05) is 17.8 Å². The van der Waals surface area contributed by atoms with Gasteiger partial charge in [0.1, 0.15) is 27.7 Å². The summed E-state index contributed by atoms with van der Waals surface area (Å²) < 4.78 is 38.5. The summed E-state index contributed by atoms with van der Waals surface area (Å²) >= 11 is 6.67. The van der Waals surface area contributed by atoms with Crippen molar-refractivity contribution in [3.05, 3.63) is 62.5 Å². The minimum absolute atomic E-state index is 0.0284. The monoisotopic (exact) mass is 499 g/mol. The van der Waals surface area contributed by atoms with Crippen molar-refractivity contribution in [3.63, 3.8) is 0 Å². The van der Waals surface area contributed by atoms with Gasteiger partial charge < -0.3 is 22.1 Å². The molecule has 0 spiro atoms. The number of benzene rings is 1. The van der Waals surface area contributed by atoms with Gasteiger partial charge in [-0.05, 0) is 25.1 Å². The summed E-state index contributed by atoms with van der Waals surface area (Å²) in [4.78, 5) is 37.1. The number of nitrogens with two attached hydrogens (primary N) is 2. The fourth-order valence-electron chi connectivity index (χ4n) is 2.76. The lowest BCUT2D eigenvalue weighted by molar-refractivity contribution is -0.137. The number of thiazole rings is 1. The molecule has 0 bridgehead atoms. The molecule has 1 aromatic carbocycles. The molecular weight excluding hydrogens is 483 g/mol. The molecule has 14 heteroatoms. The molecule has 6 N–H and O–H groups in total. The number of aromatic nitrogens is 3. The Kier molecular flexibility index (Phi) is 7.15. The molecule has 3 aromatic rings. The maximum Gasteiger partial charge on any atom is 0.417 e. The second kappa shape index (κ2) is 9.68. The van der Waals surface area contributed by atoms with Crippen molar-refractivity contribution in [2.24, 2.45) is 5.73 Å². The van der Waals surface area contributed by atoms with E-state index in [0.29, 0.717) is 10.6 Å². The number of carbonyl (C=O) groups excluding carboxylic acids is 2. The van der Waals surface area contributed by atoms with Crippen LogP contribution < -0.4 is 22.1 Å². The van der Waals surface area contributed by atoms with Gasteiger partial charge in [-0.2, -0.15) is 13.2 Å². The van der Waals surface area contributed by atoms with Gasteiger partial charge in [-0.15, -0.1) is 11.3 Å². The maximum atomic E-state index is 12.8. The third-order valence-corrected chi connectivity index (χ3v) is 5.89. The van der Waals surface area contributed by atoms with Crippen LogP contribution in [0, 0.1) is 0 Å². The third-order valence-electron chi connectivity index (χ3n) is 4.40. The molecule has 0 fully saturated rings. The molecule has 0 aliphatic carbocycles. The minimum atomic E-state index is -4.60. The van der Waals surface area contributed by atoms with Gasteiger partial charge in [-0.1, -0.05) is 11.6 Å². The maximum absolute atomic E-state index is 12.8. The number of hydrogen-bond acceptors (Lipinski definition) is 8. The average molecular weight is 500 g/mol. The molecular formula is C19H17ClF3N7O2S. The lowest BCUT2D eigenvalue weighted by atomic mass is 10.2. The SMILES string of the molecule is CC(NC(=O)c1ncnc(N)c1CN)c1ncc(C(=O)Nc2ccc(C(F)(F)F)c(Cl)c2)s1. The molecule has 33 heavy (non-hydrogen) atoms. The van der Waals surface area contributed by atoms with Crippen LogP contribution in [0.15, 0.2) is 30.7 Å². The van der Waals surface area contributed by atoms with Crippen molar-refractivity contribution in [2.45, 2.75) is 25.7 Å². The fourth-order valence-corrected chi connectivity index (χ4v) is 3.86. The number of halogens is 4. The Morgan fingerprint density at radius 1 is 1.21 bits per heavy atom. The van der Waals surface area contributed by atoms with Gasteiger partial charge in [0.05, 0.1) is 22.8 Å². The fraction of sp³-hybridized carbons (Fsp3) is 0.211. The van der Waals surface area contributed by atoms with E-state index >= 15 is 0 Å². The summed E-state index contributed by atoms with van der Waals surface area (Å²) in [5.41, 5.74) is 10.8. The van der Waals surface area contributed by atoms with Gasteiger partial charge in [0.2, 0.25) is 0 Å². The minimum Gasteiger partial charge on any atom is -0.383 e. The van der Waals surface area contributed by atoms with E-state index in [4.69, 9.17) is 23.1 Å². The van der Waals surface area contributed by atoms with E-state index in [-0.39, 0.29) is 28.6 Å². The van der Waals surface area contributed by atoms with E-state index < -0.39 is 34.6 Å². The van der Waals surface area contributed by atoms with Crippen LogP contribution >= 0.6 is 22.9 Å². The molecule has 2 amide bonds. The smallest absolute Gasteiger partial charge is 0.383 e. The standard InChI is InChI=1S/C19H17ClF3N7O2S/c1-8(29-17(32)14-10(5-24)15(25)28-7-27-14)18-26-6-13(33-18)16(31)30-9-2-3-11(12(20)4-9)19(21,22)23/h2-4,6-8H,5,24H2,1H3,(H,29,32)(H,30,31)(H2,25,27,28). The first kappa shape index (κ1) is 24.4. The van der Waals surface area contributed by atoms with Crippen LogP contribution in [-0.4, -0.2) is 26.8 Å². The van der Waals surface area contributed by atoms with Gasteiger partial charge in [0.25, 0.3) is 11.8 Å². The lowest BCUT2D eigenvalue weighted by Crippen LogP contribution is -2.29. The van der Waals surface area contributed by atoms with E-state index in [0.717, 1.165) is 35.9 Å². The Labute approximate surface area is 194 Å². The predicted molar refractivity (Wildman–Crippen MR) is 117 cm³/mol. The highest BCUT2D eigenvalue weighted by Crippen LogP contribution is 2.36. The number of alkyl halides is 3. The Bertz CT molecular complexity index is 1200. The zero-order chi connectivity index (χ0) is 24.3. The summed E-state index contributed by atoms with van der Waals surface area (Å²) in [6.45, 7) is 1.63. The Hall–Kier alpha value is -3.29. The number of nitrogen functional groups attached to an aromatic ring is 1. The highest BCUT2D eigenvalue weighted by atomic mass is 35.5. The quantitative estimate of drug-likeness (QED) is 0.406. The van der Waals surface area contributed by atoms with Crippen molar-refractivity contribution in [3.8, 4) is 0 Å². The summed E-state index contributed by atoms with van der Waals surface area (Å²) in [6.07, 6.45) is -2.17. The van der Waals surface area contributed by atoms with Crippen LogP contribution in [0.4, 0.5) is 24.7 Å². The Morgan fingerprint density at radius 3 is 2.58 bits per heavy atom. The number of nitrogens with zero attached hydrogens (tertiary/aromatic N) is 3. The van der Waals surface area contributed by atoms with E-state index in [1.165, 1.54) is 6.20 Å². The Morgan fingerprint density at radius 2 is 1.94 bits per heavy atom. The normalized spacial score (nSPS) is 12.3. The van der Waals surface area contributed by atoms with Crippen molar-refractivity contribution in [1.29, 1.82) is 0 Å². The van der Waals surface area contributed by atoms with Crippen LogP contribution in [0.2, 0.25) is 5.02 Å². The van der Waals surface area contributed by atoms with Crippen molar-refractivity contribution >= 4 is 46.3 Å². The first-order chi connectivity index (χ1) is 15.5. The summed E-state index contributed by atoms with van der Waals surface area (Å²) in [7, 11) is 0. The predicted octanol–water partition coefficient (Wildman–Crippen LogP) is 3.39. The molecule has 0 saturated heterocycles. The number of carbonyl (C=O) groups is 2. The number of anilines is 2. The largest absolute Gasteiger partial charge is 0.417 e. The second-order valence-corrected chi connectivity index (χ2v) is 8.16. The zero-order valence-corrected chi connectivity index (χ0v) is 18.5. The van der Waals surface area contributed by atoms with Crippen LogP contribution in [0.25, 0.3) is 0 Å². The summed E-state index contributed by atoms with van der Waals surface area (Å²) in [5.74, 6) is -1.04. The van der Waals surface area contributed by atoms with Crippen LogP contribution in [0.5, 0.6) is 0 Å². The van der Waals surface area contributed by atoms with Crippen molar-refractivity contribution in [2.75, 3.05) is 11.1 Å². The number of rotatable bonds is 6. The van der Waals surface area contributed by atoms with Gasteiger partial charge >= 0.3 is 6.18 Å². The molecule has 3 rings (SSSR count). The zero-order valence-electron chi connectivity index (χ0n) is 16.9. The highest BCUT2D eigenvalue weighted by Gasteiger charge is 2.33. The number of amides is 2. The van der Waals surface area contributed by atoms with Crippen molar-refractivity contribution in [1.82, 2.24) is 20.3 Å². The molecule has 0 aliphatic heterocycles. The number of hydrogen-bond donors (Lipinski definition) is 4. The first-order valence-electron chi connectivity index (χ1n) is 9.25. The van der Waals surface area contributed by atoms with Crippen molar-refractivity contribution < 1.29 is 22.8 Å². The van der Waals surface area contributed by atoms with E-state index in [9.17, 15) is 22.8 Å². The average Bonchev–Trinajstić information content (AvgIpc) is 3.23. The van der Waals surface area contributed by atoms with E-state index in [1.807, 2.05) is 0 Å². The molecule has 1 unspecified atom stereocenters. The van der Waals surface area contributed by atoms with Crippen LogP contribution in [0.3, 0.4) is 0 Å². The van der Waals surface area contributed by atoms with Gasteiger partial charge in [-0.25, -0.2) is 15.0 Å². The van der Waals surface area contributed by atoms with E-state index in [2.05, 4.69) is 25.6 Å². The van der Waals surface area contributed by atoms with Crippen LogP contribution in [0.1, 0.15) is 49.3 Å². The molecule has 0 saturated carbocycles. The summed E-state index contributed by atoms with van der Waals surface area (Å²) in [6, 6.07) is 2.30. The van der Waals surface area contributed by atoms with Crippen LogP contribution in [-0.2, 0) is 12.7 Å². The van der Waals surface area contributed by atoms with Gasteiger partial charge in [0.15, 0.2) is 0 Å². The molecule has 0 radical (unpaired) electrons. The van der Waals surface area contributed by atoms with Gasteiger partial charge in [-0.3, -0.25) is 9.59 Å². The molecule has 1 atom stereocenters. The molecule has 2 heterocycles. The second-order valence-electron chi connectivity index (χ2n) is 6.69.